The molecule has 0 saturated heterocycles. The Morgan fingerprint density at radius 3 is 2.40 bits per heavy atom. The molecule has 0 aliphatic rings. The van der Waals surface area contributed by atoms with Crippen molar-refractivity contribution in [2.24, 2.45) is 0 Å². The summed E-state index contributed by atoms with van der Waals surface area (Å²) in [7, 11) is 0. The Bertz CT molecular complexity index is 451. The van der Waals surface area contributed by atoms with Gasteiger partial charge in [0.1, 0.15) is 5.82 Å². The zero-order valence-electron chi connectivity index (χ0n) is 8.50. The van der Waals surface area contributed by atoms with E-state index in [0.717, 1.165) is 11.4 Å². The highest BCUT2D eigenvalue weighted by molar-refractivity contribution is 5.62. The Balaban J connectivity index is 2.29. The van der Waals surface area contributed by atoms with E-state index in [-0.39, 0.29) is 5.82 Å². The van der Waals surface area contributed by atoms with Crippen molar-refractivity contribution >= 4 is 11.4 Å². The van der Waals surface area contributed by atoms with Crippen molar-refractivity contribution in [3.8, 4) is 0 Å². The van der Waals surface area contributed by atoms with Crippen LogP contribution in [0.2, 0.25) is 0 Å². The molecule has 0 unspecified atom stereocenters. The lowest BCUT2D eigenvalue weighted by atomic mass is 10.2. The van der Waals surface area contributed by atoms with Crippen LogP contribution in [0.1, 0.15) is 5.56 Å². The number of hydrogen-bond acceptors (Lipinski definition) is 1. The average molecular weight is 201 g/mol. The second kappa shape index (κ2) is 4.13. The van der Waals surface area contributed by atoms with Gasteiger partial charge in [-0.25, -0.2) is 4.39 Å². The standard InChI is InChI=1S/C13H12FN/c1-10-12(14)8-5-9-13(10)15-11-6-3-2-4-7-11/h2-9,15H,1H3. The van der Waals surface area contributed by atoms with Gasteiger partial charge in [0, 0.05) is 16.9 Å². The van der Waals surface area contributed by atoms with E-state index < -0.39 is 0 Å². The van der Waals surface area contributed by atoms with Gasteiger partial charge in [-0.1, -0.05) is 24.3 Å². The fourth-order valence-electron chi connectivity index (χ4n) is 1.42. The maximum Gasteiger partial charge on any atom is 0.128 e. The third kappa shape index (κ3) is 2.15. The third-order valence-electron chi connectivity index (χ3n) is 2.32. The SMILES string of the molecule is Cc1c(F)cccc1Nc1ccccc1. The molecule has 0 radical (unpaired) electrons. The van der Waals surface area contributed by atoms with E-state index >= 15 is 0 Å². The highest BCUT2D eigenvalue weighted by Crippen LogP contribution is 2.21. The van der Waals surface area contributed by atoms with Gasteiger partial charge in [0.05, 0.1) is 0 Å². The van der Waals surface area contributed by atoms with E-state index in [1.165, 1.54) is 6.07 Å². The Morgan fingerprint density at radius 1 is 0.933 bits per heavy atom. The summed E-state index contributed by atoms with van der Waals surface area (Å²) >= 11 is 0. The predicted octanol–water partition coefficient (Wildman–Crippen LogP) is 3.88. The lowest BCUT2D eigenvalue weighted by Crippen LogP contribution is -1.94. The molecule has 2 aromatic rings. The molecular weight excluding hydrogens is 189 g/mol. The molecule has 0 aliphatic carbocycles. The fourth-order valence-corrected chi connectivity index (χ4v) is 1.42. The summed E-state index contributed by atoms with van der Waals surface area (Å²) in [4.78, 5) is 0. The molecule has 1 N–H and O–H groups in total. The number of para-hydroxylation sites is 1. The summed E-state index contributed by atoms with van der Waals surface area (Å²) in [6.45, 7) is 1.76. The lowest BCUT2D eigenvalue weighted by Gasteiger charge is -2.09. The second-order valence-electron chi connectivity index (χ2n) is 3.40. The molecule has 0 spiro atoms. The first-order chi connectivity index (χ1) is 7.27. The van der Waals surface area contributed by atoms with Gasteiger partial charge in [0.15, 0.2) is 0 Å². The van der Waals surface area contributed by atoms with E-state index in [2.05, 4.69) is 5.32 Å². The fraction of sp³-hybridized carbons (Fsp3) is 0.0769. The summed E-state index contributed by atoms with van der Waals surface area (Å²) in [5, 5.41) is 3.17. The minimum atomic E-state index is -0.184. The minimum absolute atomic E-state index is 0.184. The number of nitrogens with one attached hydrogen (secondary N) is 1. The summed E-state index contributed by atoms with van der Waals surface area (Å²) in [5.74, 6) is -0.184. The number of rotatable bonds is 2. The molecule has 0 heterocycles. The van der Waals surface area contributed by atoms with Crippen LogP contribution >= 0.6 is 0 Å². The molecule has 0 aromatic heterocycles. The van der Waals surface area contributed by atoms with E-state index in [1.807, 2.05) is 36.4 Å². The van der Waals surface area contributed by atoms with Crippen LogP contribution in [0.5, 0.6) is 0 Å². The zero-order chi connectivity index (χ0) is 10.7. The number of hydrogen-bond donors (Lipinski definition) is 1. The molecule has 76 valence electrons. The van der Waals surface area contributed by atoms with Gasteiger partial charge in [-0.3, -0.25) is 0 Å². The van der Waals surface area contributed by atoms with Crippen LogP contribution in [0.15, 0.2) is 48.5 Å². The zero-order valence-corrected chi connectivity index (χ0v) is 8.50. The van der Waals surface area contributed by atoms with Crippen molar-refractivity contribution in [3.63, 3.8) is 0 Å². The van der Waals surface area contributed by atoms with Crippen molar-refractivity contribution in [1.29, 1.82) is 0 Å². The second-order valence-corrected chi connectivity index (χ2v) is 3.40. The minimum Gasteiger partial charge on any atom is -0.355 e. The molecule has 0 fully saturated rings. The van der Waals surface area contributed by atoms with E-state index in [9.17, 15) is 4.39 Å². The highest BCUT2D eigenvalue weighted by atomic mass is 19.1. The average Bonchev–Trinajstić information content (AvgIpc) is 2.26. The monoisotopic (exact) mass is 201 g/mol. The van der Waals surface area contributed by atoms with Crippen LogP contribution in [-0.2, 0) is 0 Å². The topological polar surface area (TPSA) is 12.0 Å². The van der Waals surface area contributed by atoms with Crippen molar-refractivity contribution in [2.75, 3.05) is 5.32 Å². The quantitative estimate of drug-likeness (QED) is 0.777. The molecule has 2 heteroatoms. The van der Waals surface area contributed by atoms with Gasteiger partial charge in [-0.05, 0) is 31.2 Å². The van der Waals surface area contributed by atoms with Gasteiger partial charge >= 0.3 is 0 Å². The summed E-state index contributed by atoms with van der Waals surface area (Å²) < 4.78 is 13.2. The first-order valence-corrected chi connectivity index (χ1v) is 4.84. The summed E-state index contributed by atoms with van der Waals surface area (Å²) in [6.07, 6.45) is 0. The normalized spacial score (nSPS) is 10.0. The van der Waals surface area contributed by atoms with E-state index in [0.29, 0.717) is 5.56 Å². The largest absolute Gasteiger partial charge is 0.355 e. The lowest BCUT2D eigenvalue weighted by molar-refractivity contribution is 0.619. The van der Waals surface area contributed by atoms with Gasteiger partial charge in [0.2, 0.25) is 0 Å². The number of benzene rings is 2. The van der Waals surface area contributed by atoms with Crippen molar-refractivity contribution in [2.45, 2.75) is 6.92 Å². The molecule has 0 saturated carbocycles. The molecule has 0 atom stereocenters. The van der Waals surface area contributed by atoms with Crippen LogP contribution in [0, 0.1) is 12.7 Å². The van der Waals surface area contributed by atoms with Crippen molar-refractivity contribution < 1.29 is 4.39 Å². The molecule has 0 bridgehead atoms. The van der Waals surface area contributed by atoms with Gasteiger partial charge in [0.25, 0.3) is 0 Å². The maximum absolute atomic E-state index is 13.2. The number of halogens is 1. The molecule has 0 aliphatic heterocycles. The number of anilines is 2. The molecule has 2 aromatic carbocycles. The van der Waals surface area contributed by atoms with Gasteiger partial charge in [-0.2, -0.15) is 0 Å². The predicted molar refractivity (Wildman–Crippen MR) is 60.9 cm³/mol. The van der Waals surface area contributed by atoms with Gasteiger partial charge in [-0.15, -0.1) is 0 Å². The smallest absolute Gasteiger partial charge is 0.128 e. The summed E-state index contributed by atoms with van der Waals surface area (Å²) in [5.41, 5.74) is 2.41. The van der Waals surface area contributed by atoms with E-state index in [4.69, 9.17) is 0 Å². The van der Waals surface area contributed by atoms with Crippen LogP contribution < -0.4 is 5.32 Å². The van der Waals surface area contributed by atoms with Crippen molar-refractivity contribution in [3.05, 3.63) is 59.9 Å². The van der Waals surface area contributed by atoms with Gasteiger partial charge < -0.3 is 5.32 Å². The molecule has 1 nitrogen and oxygen atoms in total. The highest BCUT2D eigenvalue weighted by Gasteiger charge is 2.02. The Labute approximate surface area is 88.6 Å². The first kappa shape index (κ1) is 9.71. The van der Waals surface area contributed by atoms with Crippen molar-refractivity contribution in [1.82, 2.24) is 0 Å². The molecule has 2 rings (SSSR count). The van der Waals surface area contributed by atoms with Crippen LogP contribution in [-0.4, -0.2) is 0 Å². The van der Waals surface area contributed by atoms with Crippen LogP contribution in [0.3, 0.4) is 0 Å². The third-order valence-corrected chi connectivity index (χ3v) is 2.32. The Kier molecular flexibility index (Phi) is 2.68. The Hall–Kier alpha value is -1.83. The molecular formula is C13H12FN. The maximum atomic E-state index is 13.2. The first-order valence-electron chi connectivity index (χ1n) is 4.84. The Morgan fingerprint density at radius 2 is 1.67 bits per heavy atom. The summed E-state index contributed by atoms with van der Waals surface area (Å²) in [6, 6.07) is 14.8. The molecule has 15 heavy (non-hydrogen) atoms. The molecule has 0 amide bonds. The van der Waals surface area contributed by atoms with Crippen LogP contribution in [0.25, 0.3) is 0 Å². The van der Waals surface area contributed by atoms with Crippen LogP contribution in [0.4, 0.5) is 15.8 Å². The van der Waals surface area contributed by atoms with E-state index in [1.54, 1.807) is 13.0 Å².